The van der Waals surface area contributed by atoms with E-state index in [4.69, 9.17) is 14.0 Å². The van der Waals surface area contributed by atoms with Crippen LogP contribution in [0.4, 0.5) is 13.2 Å². The van der Waals surface area contributed by atoms with Crippen molar-refractivity contribution in [1.29, 1.82) is 0 Å². The first-order valence-electron chi connectivity index (χ1n) is 10.4. The maximum absolute atomic E-state index is 13.3. The lowest BCUT2D eigenvalue weighted by Gasteiger charge is -2.32. The number of rotatable bonds is 7. The molecule has 0 N–H and O–H groups in total. The Morgan fingerprint density at radius 1 is 1.03 bits per heavy atom. The van der Waals surface area contributed by atoms with Crippen LogP contribution >= 0.6 is 10.0 Å². The third-order valence-electron chi connectivity index (χ3n) is 5.83. The molecule has 2 aromatic rings. The maximum atomic E-state index is 13.3. The number of nitrogens with zero attached hydrogens (tertiary/aromatic N) is 2. The zero-order valence-corrected chi connectivity index (χ0v) is 20.6. The van der Waals surface area contributed by atoms with Crippen LogP contribution in [0.25, 0.3) is 11.4 Å². The molecule has 0 radical (unpaired) electrons. The Balaban J connectivity index is 1.81. The molecule has 1 aliphatic heterocycles. The molecular weight excluding hydrogens is 440 g/mol. The molecule has 10 heteroatoms. The maximum Gasteiger partial charge on any atom is 0.494 e. The monoisotopic (exact) mass is 472 g/mol. The molecule has 2 heterocycles. The summed E-state index contributed by atoms with van der Waals surface area (Å²) in [6, 6.07) is 7.07. The lowest BCUT2D eigenvalue weighted by atomic mass is 9.79. The third kappa shape index (κ3) is 5.70. The molecule has 32 heavy (non-hydrogen) atoms. The van der Waals surface area contributed by atoms with Gasteiger partial charge in [0.1, 0.15) is 12.6 Å². The molecule has 0 bridgehead atoms. The van der Waals surface area contributed by atoms with Gasteiger partial charge in [0, 0.05) is 17.5 Å². The topological polar surface area (TPSA) is 45.5 Å². The Kier molecular flexibility index (Phi) is 6.84. The molecule has 1 saturated heterocycles. The number of halogens is 3. The second kappa shape index (κ2) is 8.70. The minimum absolute atomic E-state index is 0.00686. The highest BCUT2D eigenvalue weighted by Gasteiger charge is 2.51. The van der Waals surface area contributed by atoms with Gasteiger partial charge in [-0.25, -0.2) is 15.0 Å². The molecule has 0 atom stereocenters. The van der Waals surface area contributed by atoms with Gasteiger partial charge < -0.3 is 18.6 Å². The Labute approximate surface area is 190 Å². The van der Waals surface area contributed by atoms with Crippen molar-refractivity contribution in [2.45, 2.75) is 51.8 Å². The summed E-state index contributed by atoms with van der Waals surface area (Å²) in [7, 11) is -1.28. The van der Waals surface area contributed by atoms with Crippen LogP contribution in [-0.4, -0.2) is 59.0 Å². The quantitative estimate of drug-likeness (QED) is 0.439. The molecule has 1 aromatic heterocycles. The van der Waals surface area contributed by atoms with Crippen LogP contribution in [-0.2, 0) is 27.0 Å². The zero-order valence-electron chi connectivity index (χ0n) is 19.7. The SMILES string of the molecule is CC1(C)OB(c2ccc(-c3nc(C(F)(F)F)cn3COCCS(C)(C)C)cc2)OC1(C)C. The Morgan fingerprint density at radius 2 is 1.59 bits per heavy atom. The van der Waals surface area contributed by atoms with E-state index in [-0.39, 0.29) is 12.6 Å². The van der Waals surface area contributed by atoms with Gasteiger partial charge in [0.25, 0.3) is 0 Å². The molecule has 178 valence electrons. The Hall–Kier alpha value is -1.49. The molecule has 0 aliphatic carbocycles. The van der Waals surface area contributed by atoms with E-state index in [9.17, 15) is 13.2 Å². The average Bonchev–Trinajstić information content (AvgIpc) is 3.16. The van der Waals surface area contributed by atoms with Crippen LogP contribution in [0.2, 0.25) is 0 Å². The molecule has 3 rings (SSSR count). The fraction of sp³-hybridized carbons (Fsp3) is 0.591. The lowest BCUT2D eigenvalue weighted by molar-refractivity contribution is -0.141. The minimum Gasteiger partial charge on any atom is -0.399 e. The van der Waals surface area contributed by atoms with Crippen LogP contribution in [0.1, 0.15) is 33.4 Å². The smallest absolute Gasteiger partial charge is 0.399 e. The van der Waals surface area contributed by atoms with Gasteiger partial charge in [-0.1, -0.05) is 24.3 Å². The summed E-state index contributed by atoms with van der Waals surface area (Å²) in [6.07, 6.45) is 2.98. The second-order valence-corrected chi connectivity index (χ2v) is 14.5. The molecule has 5 nitrogen and oxygen atoms in total. The van der Waals surface area contributed by atoms with E-state index in [0.717, 1.165) is 17.4 Å². The highest BCUT2D eigenvalue weighted by molar-refractivity contribution is 8.32. The van der Waals surface area contributed by atoms with E-state index in [0.29, 0.717) is 12.2 Å². The first-order chi connectivity index (χ1) is 14.6. The van der Waals surface area contributed by atoms with Crippen molar-refractivity contribution in [3.05, 3.63) is 36.2 Å². The number of aromatic nitrogens is 2. The Bertz CT molecular complexity index is 921. The number of ether oxygens (including phenoxy) is 1. The van der Waals surface area contributed by atoms with E-state index in [1.54, 1.807) is 24.3 Å². The van der Waals surface area contributed by atoms with Crippen LogP contribution in [0.3, 0.4) is 0 Å². The third-order valence-corrected chi connectivity index (χ3v) is 7.22. The number of hydrogen-bond donors (Lipinski definition) is 0. The Morgan fingerprint density at radius 3 is 2.09 bits per heavy atom. The van der Waals surface area contributed by atoms with Crippen LogP contribution in [0.5, 0.6) is 0 Å². The van der Waals surface area contributed by atoms with E-state index < -0.39 is 40.2 Å². The zero-order chi connectivity index (χ0) is 23.9. The average molecular weight is 472 g/mol. The normalized spacial score (nSPS) is 18.9. The minimum atomic E-state index is -4.53. The number of imidazole rings is 1. The highest BCUT2D eigenvalue weighted by Crippen LogP contribution is 2.37. The summed E-state index contributed by atoms with van der Waals surface area (Å²) in [4.78, 5) is 3.85. The van der Waals surface area contributed by atoms with Gasteiger partial charge in [0.05, 0.1) is 17.8 Å². The molecule has 1 aliphatic rings. The van der Waals surface area contributed by atoms with Crippen molar-refractivity contribution >= 4 is 22.6 Å². The van der Waals surface area contributed by atoms with E-state index in [1.807, 2.05) is 27.7 Å². The number of hydrogen-bond acceptors (Lipinski definition) is 4. The largest absolute Gasteiger partial charge is 0.494 e. The van der Waals surface area contributed by atoms with E-state index in [1.165, 1.54) is 4.57 Å². The molecule has 0 spiro atoms. The van der Waals surface area contributed by atoms with Crippen molar-refractivity contribution in [1.82, 2.24) is 9.55 Å². The standard InChI is InChI=1S/C22H32BF3N2O3S/c1-20(2)21(3,4)31-23(30-20)17-10-8-16(9-11-17)19-27-18(22(24,25)26)14-28(19)15-29-12-13-32(5,6)7/h8-11,14H,12-13,15H2,1-7H3. The van der Waals surface area contributed by atoms with Crippen LogP contribution < -0.4 is 5.46 Å². The summed E-state index contributed by atoms with van der Waals surface area (Å²) in [6.45, 7) is 8.37. The molecule has 0 saturated carbocycles. The van der Waals surface area contributed by atoms with Crippen molar-refractivity contribution in [3.8, 4) is 11.4 Å². The van der Waals surface area contributed by atoms with Gasteiger partial charge in [-0.05, 0) is 51.9 Å². The number of benzene rings is 1. The van der Waals surface area contributed by atoms with Gasteiger partial charge >= 0.3 is 13.3 Å². The first-order valence-corrected chi connectivity index (χ1v) is 13.5. The van der Waals surface area contributed by atoms with Crippen molar-refractivity contribution in [2.24, 2.45) is 0 Å². The lowest BCUT2D eigenvalue weighted by Crippen LogP contribution is -2.41. The molecule has 0 amide bonds. The van der Waals surface area contributed by atoms with E-state index >= 15 is 0 Å². The fourth-order valence-corrected chi connectivity index (χ4v) is 3.74. The summed E-state index contributed by atoms with van der Waals surface area (Å²) in [5.74, 6) is 1.09. The van der Waals surface area contributed by atoms with Crippen molar-refractivity contribution in [2.75, 3.05) is 31.1 Å². The van der Waals surface area contributed by atoms with Gasteiger partial charge in [-0.3, -0.25) is 0 Å². The van der Waals surface area contributed by atoms with E-state index in [2.05, 4.69) is 23.8 Å². The summed E-state index contributed by atoms with van der Waals surface area (Å²) in [5.41, 5.74) is -0.523. The predicted molar refractivity (Wildman–Crippen MR) is 125 cm³/mol. The highest BCUT2D eigenvalue weighted by atomic mass is 32.3. The second-order valence-electron chi connectivity index (χ2n) is 9.96. The van der Waals surface area contributed by atoms with Crippen molar-refractivity contribution in [3.63, 3.8) is 0 Å². The summed E-state index contributed by atoms with van der Waals surface area (Å²) < 4.78 is 59.1. The van der Waals surface area contributed by atoms with Gasteiger partial charge in [0.2, 0.25) is 0 Å². The molecule has 1 fully saturated rings. The molecule has 1 aromatic carbocycles. The van der Waals surface area contributed by atoms with Crippen molar-refractivity contribution < 1.29 is 27.2 Å². The van der Waals surface area contributed by atoms with Gasteiger partial charge in [0.15, 0.2) is 5.69 Å². The van der Waals surface area contributed by atoms with Crippen LogP contribution in [0.15, 0.2) is 30.5 Å². The fourth-order valence-electron chi connectivity index (χ4n) is 3.12. The molecular formula is C22H32BF3N2O3S. The number of alkyl halides is 3. The van der Waals surface area contributed by atoms with Gasteiger partial charge in [-0.15, -0.1) is 0 Å². The van der Waals surface area contributed by atoms with Crippen LogP contribution in [0, 0.1) is 0 Å². The van der Waals surface area contributed by atoms with Gasteiger partial charge in [-0.2, -0.15) is 13.2 Å². The predicted octanol–water partition coefficient (Wildman–Crippen LogP) is 4.54. The molecule has 0 unspecified atom stereocenters. The summed E-state index contributed by atoms with van der Waals surface area (Å²) >= 11 is 0. The summed E-state index contributed by atoms with van der Waals surface area (Å²) in [5, 5.41) is 0. The first kappa shape index (κ1) is 25.1.